The zero-order chi connectivity index (χ0) is 17.8. The lowest BCUT2D eigenvalue weighted by Crippen LogP contribution is -2.52. The minimum Gasteiger partial charge on any atom is -0.445 e. The lowest BCUT2D eigenvalue weighted by Gasteiger charge is -2.53. The molecule has 0 spiro atoms. The number of Topliss-reactive ketones (excluding diaryl/α,β-unsaturated/α-hetero) is 1. The van der Waals surface area contributed by atoms with Gasteiger partial charge in [0.05, 0.1) is 0 Å². The highest BCUT2D eigenvalue weighted by Gasteiger charge is 2.63. The molecule has 0 N–H and O–H groups in total. The number of allylic oxidation sites excluding steroid dienone is 2. The van der Waals surface area contributed by atoms with Crippen LogP contribution in [0.4, 0.5) is 0 Å². The number of hydrogen-bond donors (Lipinski definition) is 0. The van der Waals surface area contributed by atoms with Crippen molar-refractivity contribution in [2.24, 2.45) is 23.2 Å². The number of carbonyl (C=O) groups excluding carboxylic acids is 2. The van der Waals surface area contributed by atoms with Gasteiger partial charge >= 0.3 is 5.97 Å². The Balaban J connectivity index is 1.66. The molecule has 0 heterocycles. The predicted molar refractivity (Wildman–Crippen MR) is 95.5 cm³/mol. The van der Waals surface area contributed by atoms with Gasteiger partial charge in [0.25, 0.3) is 0 Å². The molecule has 0 saturated heterocycles. The average Bonchev–Trinajstić information content (AvgIpc) is 2.87. The molecule has 0 unspecified atom stereocenters. The number of rotatable bonds is 1. The Kier molecular flexibility index (Phi) is 3.87. The molecule has 0 aromatic rings. The van der Waals surface area contributed by atoms with E-state index in [2.05, 4.69) is 12.8 Å². The van der Waals surface area contributed by atoms with Crippen LogP contribution in [0.5, 0.6) is 0 Å². The predicted octanol–water partition coefficient (Wildman–Crippen LogP) is 4.21. The van der Waals surface area contributed by atoms with Crippen molar-refractivity contribution in [3.05, 3.63) is 11.1 Å². The van der Waals surface area contributed by atoms with Crippen molar-refractivity contribution in [3.8, 4) is 12.3 Å². The monoisotopic (exact) mass is 340 g/mol. The largest absolute Gasteiger partial charge is 0.445 e. The summed E-state index contributed by atoms with van der Waals surface area (Å²) in [6.07, 6.45) is 14.5. The van der Waals surface area contributed by atoms with Crippen LogP contribution in [0.1, 0.15) is 71.6 Å². The maximum atomic E-state index is 11.8. The van der Waals surface area contributed by atoms with E-state index in [1.54, 1.807) is 5.57 Å². The summed E-state index contributed by atoms with van der Waals surface area (Å²) in [5.41, 5.74) is 2.20. The van der Waals surface area contributed by atoms with Crippen LogP contribution in [-0.4, -0.2) is 17.4 Å². The second kappa shape index (κ2) is 5.73. The molecule has 2 fully saturated rings. The summed E-state index contributed by atoms with van der Waals surface area (Å²) in [4.78, 5) is 23.6. The molecule has 4 aliphatic rings. The lowest BCUT2D eigenvalue weighted by molar-refractivity contribution is -0.166. The molecule has 3 heteroatoms. The van der Waals surface area contributed by atoms with Crippen molar-refractivity contribution in [3.63, 3.8) is 0 Å². The summed E-state index contributed by atoms with van der Waals surface area (Å²) in [5.74, 6) is 4.84. The summed E-state index contributed by atoms with van der Waals surface area (Å²) in [6.45, 7) is 3.73. The standard InChI is InChI=1S/C22H28O3/c1-4-22(25-14(2)23)12-10-20-19-7-5-15-13-16(24)6-8-17(15)18(19)9-11-21(20,22)3/h1,18-20H,5-13H2,2-3H3/t18-,19+,20-,21+,22-/m1/s1. The molecule has 0 aliphatic heterocycles. The minimum atomic E-state index is -0.730. The molecule has 4 rings (SSSR count). The molecule has 0 bridgehead atoms. The smallest absolute Gasteiger partial charge is 0.304 e. The quantitative estimate of drug-likeness (QED) is 0.408. The van der Waals surface area contributed by atoms with Crippen molar-refractivity contribution in [2.75, 3.05) is 0 Å². The number of hydrogen-bond acceptors (Lipinski definition) is 3. The second-order valence-electron chi connectivity index (χ2n) is 8.82. The van der Waals surface area contributed by atoms with Crippen LogP contribution in [0.25, 0.3) is 0 Å². The zero-order valence-electron chi connectivity index (χ0n) is 15.4. The van der Waals surface area contributed by atoms with Crippen LogP contribution in [0.3, 0.4) is 0 Å². The summed E-state index contributed by atoms with van der Waals surface area (Å²) in [5, 5.41) is 0. The SMILES string of the molecule is C#C[C@@]1(OC(C)=O)CC[C@@H]2[C@H]3CCC4=C(CCC(=O)C4)[C@H]3CC[C@@]21C. The molecule has 4 aliphatic carbocycles. The fraction of sp³-hybridized carbons (Fsp3) is 0.727. The average molecular weight is 340 g/mol. The topological polar surface area (TPSA) is 43.4 Å². The summed E-state index contributed by atoms with van der Waals surface area (Å²) < 4.78 is 5.79. The molecule has 0 radical (unpaired) electrons. The van der Waals surface area contributed by atoms with Crippen molar-refractivity contribution < 1.29 is 14.3 Å². The van der Waals surface area contributed by atoms with Crippen LogP contribution >= 0.6 is 0 Å². The molecular formula is C22H28O3. The van der Waals surface area contributed by atoms with E-state index < -0.39 is 5.60 Å². The van der Waals surface area contributed by atoms with Gasteiger partial charge < -0.3 is 4.74 Å². The number of terminal acetylenes is 1. The number of ketones is 1. The second-order valence-corrected chi connectivity index (χ2v) is 8.82. The van der Waals surface area contributed by atoms with E-state index in [9.17, 15) is 9.59 Å². The third kappa shape index (κ3) is 2.33. The summed E-state index contributed by atoms with van der Waals surface area (Å²) in [7, 11) is 0. The van der Waals surface area contributed by atoms with E-state index >= 15 is 0 Å². The molecule has 0 aromatic heterocycles. The van der Waals surface area contributed by atoms with Gasteiger partial charge in [-0.1, -0.05) is 24.0 Å². The van der Waals surface area contributed by atoms with Gasteiger partial charge in [0.15, 0.2) is 5.60 Å². The molecular weight excluding hydrogens is 312 g/mol. The van der Waals surface area contributed by atoms with Crippen LogP contribution in [-0.2, 0) is 14.3 Å². The van der Waals surface area contributed by atoms with E-state index in [0.29, 0.717) is 30.0 Å². The molecule has 2 saturated carbocycles. The Morgan fingerprint density at radius 1 is 1.20 bits per heavy atom. The lowest BCUT2D eigenvalue weighted by atomic mass is 9.52. The van der Waals surface area contributed by atoms with Gasteiger partial charge in [-0.3, -0.25) is 9.59 Å². The van der Waals surface area contributed by atoms with Crippen molar-refractivity contribution >= 4 is 11.8 Å². The first-order valence-corrected chi connectivity index (χ1v) is 9.80. The Labute approximate surface area is 150 Å². The van der Waals surface area contributed by atoms with E-state index in [0.717, 1.165) is 51.4 Å². The van der Waals surface area contributed by atoms with E-state index in [1.807, 2.05) is 0 Å². The Morgan fingerprint density at radius 3 is 2.72 bits per heavy atom. The maximum absolute atomic E-state index is 11.8. The first-order valence-electron chi connectivity index (χ1n) is 9.80. The first-order chi connectivity index (χ1) is 11.9. The third-order valence-electron chi connectivity index (χ3n) is 7.87. The third-order valence-corrected chi connectivity index (χ3v) is 7.87. The van der Waals surface area contributed by atoms with Crippen LogP contribution in [0, 0.1) is 35.5 Å². The normalized spacial score (nSPS) is 42.9. The van der Waals surface area contributed by atoms with Gasteiger partial charge in [0, 0.05) is 25.2 Å². The highest BCUT2D eigenvalue weighted by Crippen LogP contribution is 2.65. The van der Waals surface area contributed by atoms with Crippen LogP contribution < -0.4 is 0 Å². The first kappa shape index (κ1) is 16.9. The van der Waals surface area contributed by atoms with Gasteiger partial charge in [0.1, 0.15) is 5.78 Å². The van der Waals surface area contributed by atoms with Gasteiger partial charge in [-0.15, -0.1) is 6.42 Å². The molecule has 25 heavy (non-hydrogen) atoms. The maximum Gasteiger partial charge on any atom is 0.304 e. The summed E-state index contributed by atoms with van der Waals surface area (Å²) in [6, 6.07) is 0. The molecule has 5 atom stereocenters. The molecule has 3 nitrogen and oxygen atoms in total. The number of fused-ring (bicyclic) bond motifs is 4. The Morgan fingerprint density at radius 2 is 2.00 bits per heavy atom. The Hall–Kier alpha value is -1.56. The van der Waals surface area contributed by atoms with Crippen LogP contribution in [0.2, 0.25) is 0 Å². The fourth-order valence-corrected chi connectivity index (χ4v) is 6.73. The summed E-state index contributed by atoms with van der Waals surface area (Å²) >= 11 is 0. The van der Waals surface area contributed by atoms with Gasteiger partial charge in [-0.05, 0) is 62.7 Å². The molecule has 0 amide bonds. The van der Waals surface area contributed by atoms with Gasteiger partial charge in [-0.25, -0.2) is 0 Å². The van der Waals surface area contributed by atoms with Crippen LogP contribution in [0.15, 0.2) is 11.1 Å². The van der Waals surface area contributed by atoms with Gasteiger partial charge in [0.2, 0.25) is 0 Å². The van der Waals surface area contributed by atoms with Crippen molar-refractivity contribution in [1.29, 1.82) is 0 Å². The van der Waals surface area contributed by atoms with Crippen molar-refractivity contribution in [2.45, 2.75) is 77.2 Å². The minimum absolute atomic E-state index is 0.114. The Bertz CT molecular complexity index is 697. The number of carbonyl (C=O) groups is 2. The fourth-order valence-electron chi connectivity index (χ4n) is 6.73. The molecule has 0 aromatic carbocycles. The highest BCUT2D eigenvalue weighted by atomic mass is 16.6. The molecule has 134 valence electrons. The highest BCUT2D eigenvalue weighted by molar-refractivity contribution is 5.82. The number of ether oxygens (including phenoxy) is 1. The van der Waals surface area contributed by atoms with Gasteiger partial charge in [-0.2, -0.15) is 0 Å². The van der Waals surface area contributed by atoms with E-state index in [4.69, 9.17) is 11.2 Å². The van der Waals surface area contributed by atoms with E-state index in [1.165, 1.54) is 12.5 Å². The zero-order valence-corrected chi connectivity index (χ0v) is 15.4. The van der Waals surface area contributed by atoms with E-state index in [-0.39, 0.29) is 11.4 Å². The van der Waals surface area contributed by atoms with Crippen molar-refractivity contribution in [1.82, 2.24) is 0 Å². The number of esters is 1.